The van der Waals surface area contributed by atoms with Gasteiger partial charge in [0.15, 0.2) is 0 Å². The van der Waals surface area contributed by atoms with Crippen LogP contribution in [0.4, 0.5) is 0 Å². The van der Waals surface area contributed by atoms with Crippen LogP contribution in [0, 0.1) is 5.92 Å². The number of nitrogens with one attached hydrogen (secondary N) is 1. The molecule has 1 aliphatic rings. The Morgan fingerprint density at radius 2 is 1.64 bits per heavy atom. The van der Waals surface area contributed by atoms with Crippen molar-refractivity contribution in [3.63, 3.8) is 0 Å². The lowest BCUT2D eigenvalue weighted by Gasteiger charge is -2.30. The van der Waals surface area contributed by atoms with Gasteiger partial charge in [0.25, 0.3) is 0 Å². The highest BCUT2D eigenvalue weighted by Crippen LogP contribution is 2.20. The van der Waals surface area contributed by atoms with E-state index in [0.717, 1.165) is 43.7 Å². The molecule has 0 saturated carbocycles. The molecule has 1 aliphatic heterocycles. The molecule has 2 heterocycles. The van der Waals surface area contributed by atoms with Crippen molar-refractivity contribution in [2.75, 3.05) is 13.1 Å². The molecule has 1 saturated heterocycles. The molecule has 0 atom stereocenters. The number of rotatable bonds is 6. The first-order valence-corrected chi connectivity index (χ1v) is 9.91. The molecule has 3 aromatic rings. The number of hydrogen-bond donors (Lipinski definition) is 1. The third-order valence-corrected chi connectivity index (χ3v) is 5.33. The third-order valence-electron chi connectivity index (χ3n) is 5.33. The van der Waals surface area contributed by atoms with E-state index >= 15 is 0 Å². The van der Waals surface area contributed by atoms with E-state index in [2.05, 4.69) is 33.6 Å². The summed E-state index contributed by atoms with van der Waals surface area (Å²) in [6, 6.07) is 20.2. The van der Waals surface area contributed by atoms with Gasteiger partial charge in [0.2, 0.25) is 5.91 Å². The Hall–Kier alpha value is -2.92. The first kappa shape index (κ1) is 18.4. The summed E-state index contributed by atoms with van der Waals surface area (Å²) in [6.07, 6.45) is 5.85. The van der Waals surface area contributed by atoms with E-state index in [4.69, 9.17) is 0 Å². The lowest BCUT2D eigenvalue weighted by molar-refractivity contribution is -0.126. The van der Waals surface area contributed by atoms with Gasteiger partial charge in [-0.15, -0.1) is 0 Å². The number of carbonyl (C=O) groups excluding carboxylic acids is 1. The maximum absolute atomic E-state index is 12.5. The molecule has 1 amide bonds. The molecular formula is C23H26N4O. The van der Waals surface area contributed by atoms with Crippen LogP contribution in [-0.2, 0) is 17.9 Å². The van der Waals surface area contributed by atoms with E-state index in [9.17, 15) is 4.79 Å². The van der Waals surface area contributed by atoms with Gasteiger partial charge in [0.05, 0.1) is 11.9 Å². The third kappa shape index (κ3) is 4.67. The van der Waals surface area contributed by atoms with Crippen LogP contribution in [0.1, 0.15) is 24.0 Å². The van der Waals surface area contributed by atoms with Gasteiger partial charge in [-0.2, -0.15) is 5.10 Å². The summed E-state index contributed by atoms with van der Waals surface area (Å²) in [4.78, 5) is 14.9. The predicted octanol–water partition coefficient (Wildman–Crippen LogP) is 3.40. The molecule has 28 heavy (non-hydrogen) atoms. The van der Waals surface area contributed by atoms with E-state index in [1.807, 2.05) is 59.4 Å². The molecule has 0 radical (unpaired) electrons. The van der Waals surface area contributed by atoms with Crippen molar-refractivity contribution in [3.8, 4) is 5.69 Å². The number of nitrogens with zero attached hydrogens (tertiary/aromatic N) is 3. The first-order chi connectivity index (χ1) is 13.8. The summed E-state index contributed by atoms with van der Waals surface area (Å²) in [5.41, 5.74) is 3.42. The normalized spacial score (nSPS) is 15.4. The predicted molar refractivity (Wildman–Crippen MR) is 110 cm³/mol. The fraction of sp³-hybridized carbons (Fsp3) is 0.304. The standard InChI is InChI=1S/C23H26N4O/c28-23(24-15-19-7-3-1-4-8-19)21-11-13-26(14-12-21)17-20-16-25-27(18-20)22-9-5-2-6-10-22/h1-10,16,18,21H,11-15,17H2,(H,24,28). The van der Waals surface area contributed by atoms with Crippen molar-refractivity contribution in [2.24, 2.45) is 5.92 Å². The maximum Gasteiger partial charge on any atom is 0.223 e. The minimum absolute atomic E-state index is 0.118. The fourth-order valence-corrected chi connectivity index (χ4v) is 3.70. The fourth-order valence-electron chi connectivity index (χ4n) is 3.70. The highest BCUT2D eigenvalue weighted by atomic mass is 16.1. The van der Waals surface area contributed by atoms with Gasteiger partial charge >= 0.3 is 0 Å². The van der Waals surface area contributed by atoms with Gasteiger partial charge in [-0.1, -0.05) is 48.5 Å². The number of para-hydroxylation sites is 1. The number of hydrogen-bond acceptors (Lipinski definition) is 3. The SMILES string of the molecule is O=C(NCc1ccccc1)C1CCN(Cc2cnn(-c3ccccc3)c2)CC1. The molecule has 2 aromatic carbocycles. The van der Waals surface area contributed by atoms with Gasteiger partial charge in [-0.05, 0) is 43.6 Å². The van der Waals surface area contributed by atoms with E-state index in [-0.39, 0.29) is 11.8 Å². The maximum atomic E-state index is 12.5. The zero-order valence-electron chi connectivity index (χ0n) is 16.0. The zero-order valence-corrected chi connectivity index (χ0v) is 16.0. The summed E-state index contributed by atoms with van der Waals surface area (Å²) >= 11 is 0. The first-order valence-electron chi connectivity index (χ1n) is 9.91. The molecule has 5 nitrogen and oxygen atoms in total. The van der Waals surface area contributed by atoms with Crippen molar-refractivity contribution in [1.29, 1.82) is 0 Å². The van der Waals surface area contributed by atoms with Gasteiger partial charge < -0.3 is 5.32 Å². The molecular weight excluding hydrogens is 348 g/mol. The van der Waals surface area contributed by atoms with Crippen LogP contribution >= 0.6 is 0 Å². The van der Waals surface area contributed by atoms with Crippen LogP contribution < -0.4 is 5.32 Å². The van der Waals surface area contributed by atoms with Crippen molar-refractivity contribution < 1.29 is 4.79 Å². The number of carbonyl (C=O) groups is 1. The zero-order chi connectivity index (χ0) is 19.2. The topological polar surface area (TPSA) is 50.2 Å². The Kier molecular flexibility index (Phi) is 5.83. The van der Waals surface area contributed by atoms with Crippen LogP contribution in [0.3, 0.4) is 0 Å². The van der Waals surface area contributed by atoms with Crippen LogP contribution in [-0.4, -0.2) is 33.7 Å². The summed E-state index contributed by atoms with van der Waals surface area (Å²) in [5, 5.41) is 7.56. The Balaban J connectivity index is 1.24. The van der Waals surface area contributed by atoms with Gasteiger partial charge in [0.1, 0.15) is 0 Å². The van der Waals surface area contributed by atoms with Gasteiger partial charge in [-0.25, -0.2) is 4.68 Å². The summed E-state index contributed by atoms with van der Waals surface area (Å²) < 4.78 is 1.92. The monoisotopic (exact) mass is 374 g/mol. The number of aromatic nitrogens is 2. The number of piperidine rings is 1. The molecule has 0 spiro atoms. The van der Waals surface area contributed by atoms with E-state index in [1.165, 1.54) is 5.56 Å². The highest BCUT2D eigenvalue weighted by molar-refractivity contribution is 5.78. The number of likely N-dealkylation sites (tertiary alicyclic amines) is 1. The van der Waals surface area contributed by atoms with Crippen molar-refractivity contribution in [1.82, 2.24) is 20.0 Å². The molecule has 144 valence electrons. The summed E-state index contributed by atoms with van der Waals surface area (Å²) in [6.45, 7) is 3.38. The Labute approximate surface area is 166 Å². The van der Waals surface area contributed by atoms with E-state index in [1.54, 1.807) is 0 Å². The lowest BCUT2D eigenvalue weighted by atomic mass is 9.95. The minimum Gasteiger partial charge on any atom is -0.352 e. The summed E-state index contributed by atoms with van der Waals surface area (Å²) in [5.74, 6) is 0.299. The molecule has 1 fully saturated rings. The molecule has 0 unspecified atom stereocenters. The molecule has 1 aromatic heterocycles. The van der Waals surface area contributed by atoms with Crippen molar-refractivity contribution in [3.05, 3.63) is 84.2 Å². The minimum atomic E-state index is 0.118. The van der Waals surface area contributed by atoms with Crippen LogP contribution in [0.5, 0.6) is 0 Å². The van der Waals surface area contributed by atoms with Crippen LogP contribution in [0.15, 0.2) is 73.1 Å². The summed E-state index contributed by atoms with van der Waals surface area (Å²) in [7, 11) is 0. The Morgan fingerprint density at radius 3 is 2.36 bits per heavy atom. The number of benzene rings is 2. The Bertz CT molecular complexity index is 883. The Morgan fingerprint density at radius 1 is 0.964 bits per heavy atom. The van der Waals surface area contributed by atoms with Gasteiger partial charge in [0, 0.05) is 30.8 Å². The van der Waals surface area contributed by atoms with E-state index in [0.29, 0.717) is 6.54 Å². The van der Waals surface area contributed by atoms with Crippen molar-refractivity contribution >= 4 is 5.91 Å². The second-order valence-electron chi connectivity index (χ2n) is 7.38. The molecule has 4 rings (SSSR count). The van der Waals surface area contributed by atoms with Crippen LogP contribution in [0.25, 0.3) is 5.69 Å². The second kappa shape index (κ2) is 8.85. The lowest BCUT2D eigenvalue weighted by Crippen LogP contribution is -2.40. The number of amides is 1. The quantitative estimate of drug-likeness (QED) is 0.719. The van der Waals surface area contributed by atoms with E-state index < -0.39 is 0 Å². The average molecular weight is 374 g/mol. The largest absolute Gasteiger partial charge is 0.352 e. The van der Waals surface area contributed by atoms with Gasteiger partial charge in [-0.3, -0.25) is 9.69 Å². The smallest absolute Gasteiger partial charge is 0.223 e. The molecule has 1 N–H and O–H groups in total. The second-order valence-corrected chi connectivity index (χ2v) is 7.38. The highest BCUT2D eigenvalue weighted by Gasteiger charge is 2.25. The van der Waals surface area contributed by atoms with Crippen LogP contribution in [0.2, 0.25) is 0 Å². The molecule has 5 heteroatoms. The average Bonchev–Trinajstić information content (AvgIpc) is 3.22. The molecule has 0 aliphatic carbocycles. The van der Waals surface area contributed by atoms with Crippen molar-refractivity contribution in [2.45, 2.75) is 25.9 Å². The molecule has 0 bridgehead atoms.